The van der Waals surface area contributed by atoms with Crippen molar-refractivity contribution in [2.24, 2.45) is 0 Å². The van der Waals surface area contributed by atoms with Crippen molar-refractivity contribution in [3.05, 3.63) is 0 Å². The number of carbonyl (C=O) groups excluding carboxylic acids is 2. The first-order valence-electron chi connectivity index (χ1n) is 5.75. The van der Waals surface area contributed by atoms with Gasteiger partial charge in [0.1, 0.15) is 6.23 Å². The Morgan fingerprint density at radius 1 is 1.28 bits per heavy atom. The molecule has 2 amide bonds. The summed E-state index contributed by atoms with van der Waals surface area (Å²) in [4.78, 5) is 22.9. The zero-order chi connectivity index (χ0) is 13.8. The minimum absolute atomic E-state index is 0.0328. The van der Waals surface area contributed by atoms with Crippen LogP contribution in [-0.2, 0) is 9.59 Å². The van der Waals surface area contributed by atoms with Crippen LogP contribution in [0.25, 0.3) is 0 Å². The number of nitrogens with one attached hydrogen (secondary N) is 1. The second-order valence-electron chi connectivity index (χ2n) is 4.19. The lowest BCUT2D eigenvalue weighted by Crippen LogP contribution is -2.68. The molecule has 0 bridgehead atoms. The molecule has 5 N–H and O–H groups in total. The number of rotatable bonds is 6. The molecule has 1 heterocycles. The van der Waals surface area contributed by atoms with E-state index in [1.54, 1.807) is 0 Å². The van der Waals surface area contributed by atoms with E-state index in [0.717, 1.165) is 0 Å². The van der Waals surface area contributed by atoms with E-state index in [2.05, 4.69) is 0 Å². The minimum Gasteiger partial charge on any atom is -0.396 e. The molecular weight excluding hydrogens is 244 g/mol. The molecule has 8 nitrogen and oxygen atoms in total. The number of hydrogen-bond acceptors (Lipinski definition) is 6. The third kappa shape index (κ3) is 3.39. The van der Waals surface area contributed by atoms with Gasteiger partial charge in [-0.3, -0.25) is 14.5 Å². The van der Waals surface area contributed by atoms with Crippen LogP contribution >= 0.6 is 0 Å². The first-order valence-corrected chi connectivity index (χ1v) is 5.75. The highest BCUT2D eigenvalue weighted by atomic mass is 16.5. The van der Waals surface area contributed by atoms with Crippen LogP contribution in [0.15, 0.2) is 0 Å². The predicted octanol–water partition coefficient (Wildman–Crippen LogP) is -2.55. The molecule has 1 saturated heterocycles. The van der Waals surface area contributed by atoms with Crippen LogP contribution in [0.4, 0.5) is 0 Å². The summed E-state index contributed by atoms with van der Waals surface area (Å²) in [5, 5.41) is 39.4. The number of aliphatic hydroxyl groups excluding tert-OH is 2. The molecule has 18 heavy (non-hydrogen) atoms. The van der Waals surface area contributed by atoms with E-state index in [9.17, 15) is 24.9 Å². The Balaban J connectivity index is 2.59. The fourth-order valence-corrected chi connectivity index (χ4v) is 1.75. The van der Waals surface area contributed by atoms with Crippen LogP contribution in [0.5, 0.6) is 0 Å². The van der Waals surface area contributed by atoms with Gasteiger partial charge in [0.05, 0.1) is 6.54 Å². The Kier molecular flexibility index (Phi) is 5.03. The van der Waals surface area contributed by atoms with Crippen molar-refractivity contribution in [3.63, 3.8) is 0 Å². The summed E-state index contributed by atoms with van der Waals surface area (Å²) in [5.74, 6) is -4.74. The maximum atomic E-state index is 11.5. The molecule has 0 radical (unpaired) electrons. The van der Waals surface area contributed by atoms with E-state index in [4.69, 9.17) is 5.11 Å². The molecule has 0 aromatic heterocycles. The molecule has 0 aliphatic carbocycles. The monoisotopic (exact) mass is 262 g/mol. The molecule has 1 unspecified atom stereocenters. The van der Waals surface area contributed by atoms with Gasteiger partial charge in [0.2, 0.25) is 0 Å². The van der Waals surface area contributed by atoms with Crippen molar-refractivity contribution < 1.29 is 30.0 Å². The lowest BCUT2D eigenvalue weighted by molar-refractivity contribution is -0.288. The van der Waals surface area contributed by atoms with Crippen LogP contribution in [0.2, 0.25) is 0 Å². The summed E-state index contributed by atoms with van der Waals surface area (Å²) in [6, 6.07) is 0. The van der Waals surface area contributed by atoms with E-state index in [0.29, 0.717) is 24.2 Å². The molecule has 8 heteroatoms. The molecule has 0 aromatic carbocycles. The van der Waals surface area contributed by atoms with Gasteiger partial charge in [0, 0.05) is 6.61 Å². The number of amides is 2. The number of aliphatic hydroxyl groups is 4. The van der Waals surface area contributed by atoms with E-state index in [-0.39, 0.29) is 13.0 Å². The van der Waals surface area contributed by atoms with Crippen molar-refractivity contribution in [2.45, 2.75) is 37.8 Å². The molecule has 1 aliphatic rings. The van der Waals surface area contributed by atoms with E-state index < -0.39 is 30.5 Å². The third-order valence-corrected chi connectivity index (χ3v) is 2.70. The largest absolute Gasteiger partial charge is 0.396 e. The number of β-amino-alcohol motifs (C(OH)–C–C–N with tert-alkyl or cyclic N) is 2. The first kappa shape index (κ1) is 14.8. The third-order valence-electron chi connectivity index (χ3n) is 2.70. The first-order chi connectivity index (χ1) is 8.40. The molecular formula is C10H18N2O6. The van der Waals surface area contributed by atoms with Gasteiger partial charge in [-0.05, 0) is 19.3 Å². The zero-order valence-corrected chi connectivity index (χ0v) is 9.87. The SMILES string of the molecule is O=C1NCC(O)(O)N(C(O)CCCCCO)C1=O. The number of nitrogens with zero attached hydrogens (tertiary/aromatic N) is 1. The second kappa shape index (κ2) is 6.10. The van der Waals surface area contributed by atoms with Crippen molar-refractivity contribution in [1.29, 1.82) is 0 Å². The van der Waals surface area contributed by atoms with Crippen LogP contribution in [0.3, 0.4) is 0 Å². The topological polar surface area (TPSA) is 130 Å². The highest BCUT2D eigenvalue weighted by molar-refractivity contribution is 6.35. The Hall–Kier alpha value is -1.22. The molecule has 0 saturated carbocycles. The molecule has 0 aromatic rings. The molecule has 1 rings (SSSR count). The summed E-state index contributed by atoms with van der Waals surface area (Å²) in [6.07, 6.45) is 0.332. The van der Waals surface area contributed by atoms with Gasteiger partial charge in [-0.15, -0.1) is 0 Å². The van der Waals surface area contributed by atoms with Gasteiger partial charge in [0.25, 0.3) is 5.91 Å². The highest BCUT2D eigenvalue weighted by Gasteiger charge is 2.46. The Labute approximate surface area is 104 Å². The van der Waals surface area contributed by atoms with Crippen LogP contribution in [0, 0.1) is 0 Å². The van der Waals surface area contributed by atoms with Gasteiger partial charge in [-0.2, -0.15) is 0 Å². The van der Waals surface area contributed by atoms with E-state index in [1.807, 2.05) is 5.32 Å². The Morgan fingerprint density at radius 2 is 1.94 bits per heavy atom. The standard InChI is InChI=1S/C10H18N2O6/c13-5-3-1-2-4-7(14)12-9(16)8(15)11-6-10(12,17)18/h7,13-14,17-18H,1-6H2,(H,11,15). The quantitative estimate of drug-likeness (QED) is 0.203. The summed E-state index contributed by atoms with van der Waals surface area (Å²) < 4.78 is 0. The van der Waals surface area contributed by atoms with E-state index >= 15 is 0 Å². The molecule has 1 atom stereocenters. The van der Waals surface area contributed by atoms with Gasteiger partial charge in [0.15, 0.2) is 0 Å². The summed E-state index contributed by atoms with van der Waals surface area (Å²) >= 11 is 0. The zero-order valence-electron chi connectivity index (χ0n) is 9.87. The van der Waals surface area contributed by atoms with Crippen molar-refractivity contribution >= 4 is 11.8 Å². The molecule has 1 aliphatic heterocycles. The average molecular weight is 262 g/mol. The molecule has 1 fully saturated rings. The second-order valence-corrected chi connectivity index (χ2v) is 4.19. The minimum atomic E-state index is -2.58. The van der Waals surface area contributed by atoms with Crippen LogP contribution in [-0.4, -0.2) is 62.4 Å². The van der Waals surface area contributed by atoms with Crippen LogP contribution in [0.1, 0.15) is 25.7 Å². The van der Waals surface area contributed by atoms with Crippen molar-refractivity contribution in [3.8, 4) is 0 Å². The Bertz CT molecular complexity index is 319. The fourth-order valence-electron chi connectivity index (χ4n) is 1.75. The Morgan fingerprint density at radius 3 is 2.56 bits per heavy atom. The maximum absolute atomic E-state index is 11.5. The van der Waals surface area contributed by atoms with E-state index in [1.165, 1.54) is 0 Å². The number of piperazine rings is 1. The van der Waals surface area contributed by atoms with Gasteiger partial charge in [-0.25, -0.2) is 0 Å². The molecule has 104 valence electrons. The smallest absolute Gasteiger partial charge is 0.318 e. The number of hydrogen-bond donors (Lipinski definition) is 5. The predicted molar refractivity (Wildman–Crippen MR) is 58.6 cm³/mol. The summed E-state index contributed by atoms with van der Waals surface area (Å²) in [6.45, 7) is -0.518. The lowest BCUT2D eigenvalue weighted by atomic mass is 10.1. The van der Waals surface area contributed by atoms with Gasteiger partial charge in [-0.1, -0.05) is 6.42 Å². The van der Waals surface area contributed by atoms with Gasteiger partial charge >= 0.3 is 11.8 Å². The normalized spacial score (nSPS) is 20.8. The van der Waals surface area contributed by atoms with Crippen LogP contribution < -0.4 is 5.32 Å². The number of unbranched alkanes of at least 4 members (excludes halogenated alkanes) is 2. The van der Waals surface area contributed by atoms with Crippen molar-refractivity contribution in [1.82, 2.24) is 10.2 Å². The van der Waals surface area contributed by atoms with Gasteiger partial charge < -0.3 is 25.7 Å². The summed E-state index contributed by atoms with van der Waals surface area (Å²) in [7, 11) is 0. The summed E-state index contributed by atoms with van der Waals surface area (Å²) in [5.41, 5.74) is 0. The lowest BCUT2D eigenvalue weighted by Gasteiger charge is -2.40. The maximum Gasteiger partial charge on any atom is 0.318 e. The molecule has 0 spiro atoms. The number of carbonyl (C=O) groups is 2. The van der Waals surface area contributed by atoms with Crippen molar-refractivity contribution in [2.75, 3.05) is 13.2 Å². The average Bonchev–Trinajstić information content (AvgIpc) is 2.30. The fraction of sp³-hybridized carbons (Fsp3) is 0.800. The highest BCUT2D eigenvalue weighted by Crippen LogP contribution is 2.18.